The topological polar surface area (TPSA) is 58.1 Å². The van der Waals surface area contributed by atoms with Crippen LogP contribution in [0.5, 0.6) is 0 Å². The van der Waals surface area contributed by atoms with Crippen molar-refractivity contribution in [1.29, 1.82) is 0 Å². The number of aryl methyl sites for hydroxylation is 2. The first-order valence-electron chi connectivity index (χ1n) is 8.06. The summed E-state index contributed by atoms with van der Waals surface area (Å²) in [6, 6.07) is 7.70. The molecule has 2 heterocycles. The van der Waals surface area contributed by atoms with Crippen LogP contribution < -0.4 is 10.2 Å². The van der Waals surface area contributed by atoms with E-state index < -0.39 is 0 Å². The molecule has 3 rings (SSSR count). The number of carbonyl (C=O) groups excluding carboxylic acids is 1. The third kappa shape index (κ3) is 3.67. The minimum absolute atomic E-state index is 0.0659. The van der Waals surface area contributed by atoms with E-state index in [1.807, 2.05) is 38.1 Å². The number of benzene rings is 1. The first-order valence-corrected chi connectivity index (χ1v) is 8.06. The van der Waals surface area contributed by atoms with E-state index in [1.54, 1.807) is 6.20 Å². The second-order valence-corrected chi connectivity index (χ2v) is 6.04. The molecule has 0 bridgehead atoms. The van der Waals surface area contributed by atoms with Gasteiger partial charge in [0.25, 0.3) is 5.91 Å². The van der Waals surface area contributed by atoms with Crippen molar-refractivity contribution in [2.75, 3.05) is 18.0 Å². The van der Waals surface area contributed by atoms with Gasteiger partial charge in [0, 0.05) is 24.8 Å². The summed E-state index contributed by atoms with van der Waals surface area (Å²) >= 11 is 0. The molecule has 1 aliphatic rings. The van der Waals surface area contributed by atoms with E-state index in [4.69, 9.17) is 0 Å². The molecule has 2 aromatic rings. The Morgan fingerprint density at radius 2 is 2.00 bits per heavy atom. The van der Waals surface area contributed by atoms with Crippen LogP contribution in [0.3, 0.4) is 0 Å². The smallest absolute Gasteiger partial charge is 0.251 e. The van der Waals surface area contributed by atoms with Crippen LogP contribution >= 0.6 is 0 Å². The van der Waals surface area contributed by atoms with E-state index in [-0.39, 0.29) is 5.91 Å². The fourth-order valence-electron chi connectivity index (χ4n) is 2.89. The van der Waals surface area contributed by atoms with Gasteiger partial charge in [-0.2, -0.15) is 0 Å². The van der Waals surface area contributed by atoms with Gasteiger partial charge in [-0.25, -0.2) is 9.97 Å². The average molecular weight is 310 g/mol. The van der Waals surface area contributed by atoms with E-state index in [0.717, 1.165) is 35.9 Å². The Bertz CT molecular complexity index is 708. The normalized spacial score (nSPS) is 14.1. The van der Waals surface area contributed by atoms with Crippen LogP contribution in [0.2, 0.25) is 0 Å². The predicted octanol–water partition coefficient (Wildman–Crippen LogP) is 2.62. The van der Waals surface area contributed by atoms with E-state index >= 15 is 0 Å². The van der Waals surface area contributed by atoms with Crippen molar-refractivity contribution in [2.45, 2.75) is 33.2 Å². The van der Waals surface area contributed by atoms with Gasteiger partial charge in [0.15, 0.2) is 0 Å². The Labute approximate surface area is 136 Å². The summed E-state index contributed by atoms with van der Waals surface area (Å²) in [7, 11) is 0. The molecule has 0 spiro atoms. The van der Waals surface area contributed by atoms with Crippen molar-refractivity contribution < 1.29 is 4.79 Å². The summed E-state index contributed by atoms with van der Waals surface area (Å²) in [5.41, 5.74) is 3.69. The van der Waals surface area contributed by atoms with Gasteiger partial charge >= 0.3 is 0 Å². The van der Waals surface area contributed by atoms with Crippen molar-refractivity contribution in [3.8, 4) is 0 Å². The van der Waals surface area contributed by atoms with Crippen LogP contribution in [0.15, 0.2) is 30.5 Å². The highest BCUT2D eigenvalue weighted by molar-refractivity contribution is 5.95. The fourth-order valence-corrected chi connectivity index (χ4v) is 2.89. The van der Waals surface area contributed by atoms with Gasteiger partial charge in [0.2, 0.25) is 5.95 Å². The molecule has 0 unspecified atom stereocenters. The number of nitrogens with one attached hydrogen (secondary N) is 1. The molecule has 5 nitrogen and oxygen atoms in total. The Balaban J connectivity index is 1.65. The van der Waals surface area contributed by atoms with Gasteiger partial charge in [0.1, 0.15) is 0 Å². The van der Waals surface area contributed by atoms with Crippen LogP contribution in [0.25, 0.3) is 0 Å². The van der Waals surface area contributed by atoms with Crippen LogP contribution in [0.4, 0.5) is 5.95 Å². The average Bonchev–Trinajstić information content (AvgIpc) is 3.07. The Hall–Kier alpha value is -2.43. The molecule has 1 aromatic carbocycles. The summed E-state index contributed by atoms with van der Waals surface area (Å²) in [5.74, 6) is 0.699. The quantitative estimate of drug-likeness (QED) is 0.943. The molecule has 0 radical (unpaired) electrons. The van der Waals surface area contributed by atoms with E-state index in [9.17, 15) is 4.79 Å². The molecular formula is C18H22N4O. The lowest BCUT2D eigenvalue weighted by Crippen LogP contribution is -2.25. The van der Waals surface area contributed by atoms with Crippen molar-refractivity contribution in [3.05, 3.63) is 52.8 Å². The zero-order valence-electron chi connectivity index (χ0n) is 13.7. The predicted molar refractivity (Wildman–Crippen MR) is 90.6 cm³/mol. The van der Waals surface area contributed by atoms with Gasteiger partial charge in [-0.05, 0) is 44.4 Å². The van der Waals surface area contributed by atoms with Crippen molar-refractivity contribution in [3.63, 3.8) is 0 Å². The summed E-state index contributed by atoms with van der Waals surface area (Å²) in [6.07, 6.45) is 4.15. The number of rotatable bonds is 4. The third-order valence-corrected chi connectivity index (χ3v) is 4.15. The standard InChI is InChI=1S/C18H22N4O/c1-13-5-6-16(14(2)11-13)17(23)20-12-15-7-8-19-18(21-15)22-9-3-4-10-22/h5-8,11H,3-4,9-10,12H2,1-2H3,(H,20,23). The van der Waals surface area contributed by atoms with E-state index in [2.05, 4.69) is 20.2 Å². The monoisotopic (exact) mass is 310 g/mol. The Morgan fingerprint density at radius 1 is 1.22 bits per heavy atom. The minimum Gasteiger partial charge on any atom is -0.346 e. The number of nitrogens with zero attached hydrogens (tertiary/aromatic N) is 3. The summed E-state index contributed by atoms with van der Waals surface area (Å²) in [4.78, 5) is 23.4. The summed E-state index contributed by atoms with van der Waals surface area (Å²) in [5, 5.41) is 2.95. The number of amides is 1. The van der Waals surface area contributed by atoms with Crippen LogP contribution in [-0.2, 0) is 6.54 Å². The number of aromatic nitrogens is 2. The Morgan fingerprint density at radius 3 is 2.74 bits per heavy atom. The molecule has 23 heavy (non-hydrogen) atoms. The molecule has 0 saturated carbocycles. The highest BCUT2D eigenvalue weighted by Crippen LogP contribution is 2.15. The van der Waals surface area contributed by atoms with Crippen LogP contribution in [-0.4, -0.2) is 29.0 Å². The second kappa shape index (κ2) is 6.77. The molecule has 0 atom stereocenters. The van der Waals surface area contributed by atoms with Gasteiger partial charge in [0.05, 0.1) is 12.2 Å². The number of carbonyl (C=O) groups is 1. The van der Waals surface area contributed by atoms with Crippen molar-refractivity contribution in [2.24, 2.45) is 0 Å². The largest absolute Gasteiger partial charge is 0.346 e. The maximum atomic E-state index is 12.3. The first-order chi connectivity index (χ1) is 11.1. The fraction of sp³-hybridized carbons (Fsp3) is 0.389. The van der Waals surface area contributed by atoms with E-state index in [0.29, 0.717) is 12.1 Å². The molecular weight excluding hydrogens is 288 g/mol. The van der Waals surface area contributed by atoms with Crippen LogP contribution in [0, 0.1) is 13.8 Å². The highest BCUT2D eigenvalue weighted by Gasteiger charge is 2.15. The molecule has 1 N–H and O–H groups in total. The van der Waals surface area contributed by atoms with Crippen molar-refractivity contribution >= 4 is 11.9 Å². The molecule has 1 aliphatic heterocycles. The zero-order chi connectivity index (χ0) is 16.2. The number of hydrogen-bond donors (Lipinski definition) is 1. The van der Waals surface area contributed by atoms with Crippen LogP contribution in [0.1, 0.15) is 40.0 Å². The first kappa shape index (κ1) is 15.5. The highest BCUT2D eigenvalue weighted by atomic mass is 16.1. The van der Waals surface area contributed by atoms with Gasteiger partial charge < -0.3 is 10.2 Å². The molecule has 0 aliphatic carbocycles. The lowest BCUT2D eigenvalue weighted by Gasteiger charge is -2.15. The zero-order valence-corrected chi connectivity index (χ0v) is 13.7. The summed E-state index contributed by atoms with van der Waals surface area (Å²) in [6.45, 7) is 6.42. The SMILES string of the molecule is Cc1ccc(C(=O)NCc2ccnc(N3CCCC3)n2)c(C)c1. The van der Waals surface area contributed by atoms with Gasteiger partial charge in [-0.15, -0.1) is 0 Å². The van der Waals surface area contributed by atoms with E-state index in [1.165, 1.54) is 12.8 Å². The third-order valence-electron chi connectivity index (χ3n) is 4.15. The summed E-state index contributed by atoms with van der Waals surface area (Å²) < 4.78 is 0. The number of anilines is 1. The van der Waals surface area contributed by atoms with Crippen molar-refractivity contribution in [1.82, 2.24) is 15.3 Å². The molecule has 1 saturated heterocycles. The lowest BCUT2D eigenvalue weighted by atomic mass is 10.1. The maximum Gasteiger partial charge on any atom is 0.251 e. The molecule has 1 fully saturated rings. The molecule has 120 valence electrons. The van der Waals surface area contributed by atoms with Gasteiger partial charge in [-0.3, -0.25) is 4.79 Å². The molecule has 1 amide bonds. The molecule has 1 aromatic heterocycles. The second-order valence-electron chi connectivity index (χ2n) is 6.04. The number of hydrogen-bond acceptors (Lipinski definition) is 4. The molecule has 5 heteroatoms. The lowest BCUT2D eigenvalue weighted by molar-refractivity contribution is 0.0950. The maximum absolute atomic E-state index is 12.3. The van der Waals surface area contributed by atoms with Gasteiger partial charge in [-0.1, -0.05) is 17.7 Å². The Kier molecular flexibility index (Phi) is 4.55. The minimum atomic E-state index is -0.0659.